The van der Waals surface area contributed by atoms with Gasteiger partial charge in [0, 0.05) is 0 Å². The largest absolute Gasteiger partial charge is 0.480 e. The van der Waals surface area contributed by atoms with E-state index in [1.807, 2.05) is 0 Å². The average molecular weight is 282 g/mol. The zero-order chi connectivity index (χ0) is 15.1. The Kier molecular flexibility index (Phi) is 3.41. The Morgan fingerprint density at radius 3 is 2.55 bits per heavy atom. The van der Waals surface area contributed by atoms with Crippen molar-refractivity contribution in [1.29, 1.82) is 0 Å². The molecule has 1 aromatic heterocycles. The van der Waals surface area contributed by atoms with Crippen molar-refractivity contribution in [3.8, 4) is 0 Å². The fraction of sp³-hybridized carbons (Fsp3) is 0.667. The highest BCUT2D eigenvalue weighted by atomic mass is 16.6. The van der Waals surface area contributed by atoms with Gasteiger partial charge < -0.3 is 14.4 Å². The predicted octanol–water partition coefficient (Wildman–Crippen LogP) is 0.790. The number of ether oxygens (including phenoxy) is 1. The van der Waals surface area contributed by atoms with E-state index in [2.05, 4.69) is 10.2 Å². The number of fused-ring (bicyclic) bond motifs is 1. The van der Waals surface area contributed by atoms with E-state index >= 15 is 0 Å². The Morgan fingerprint density at radius 2 is 2.00 bits per heavy atom. The average Bonchev–Trinajstić information content (AvgIpc) is 2.67. The lowest BCUT2D eigenvalue weighted by molar-refractivity contribution is -0.144. The molecule has 1 aliphatic heterocycles. The van der Waals surface area contributed by atoms with Crippen molar-refractivity contribution in [2.75, 3.05) is 0 Å². The van der Waals surface area contributed by atoms with Gasteiger partial charge in [-0.1, -0.05) is 0 Å². The minimum Gasteiger partial charge on any atom is -0.480 e. The maximum Gasteiger partial charge on any atom is 0.411 e. The molecule has 1 aromatic rings. The number of carboxylic acids is 1. The first-order chi connectivity index (χ1) is 9.19. The normalized spacial score (nSPS) is 18.6. The molecule has 2 rings (SSSR count). The maximum atomic E-state index is 12.1. The summed E-state index contributed by atoms with van der Waals surface area (Å²) in [4.78, 5) is 24.7. The van der Waals surface area contributed by atoms with Crippen LogP contribution in [0.1, 0.15) is 32.4 Å². The molecule has 0 aliphatic carbocycles. The molecular formula is C12H18N4O4. The van der Waals surface area contributed by atoms with Crippen LogP contribution in [0.2, 0.25) is 0 Å². The lowest BCUT2D eigenvalue weighted by Crippen LogP contribution is -2.52. The second-order valence-corrected chi connectivity index (χ2v) is 5.74. The molecule has 0 saturated heterocycles. The van der Waals surface area contributed by atoms with Gasteiger partial charge in [-0.2, -0.15) is 0 Å². The summed E-state index contributed by atoms with van der Waals surface area (Å²) in [5, 5.41) is 17.2. The molecule has 8 heteroatoms. The first-order valence-corrected chi connectivity index (χ1v) is 6.30. The topological polar surface area (TPSA) is 97.5 Å². The highest BCUT2D eigenvalue weighted by molar-refractivity contribution is 5.80. The molecule has 0 fully saturated rings. The number of carbonyl (C=O) groups excluding carboxylic acids is 1. The molecule has 1 atom stereocenters. The Hall–Kier alpha value is -2.12. The molecule has 1 aliphatic rings. The highest BCUT2D eigenvalue weighted by Crippen LogP contribution is 2.21. The van der Waals surface area contributed by atoms with Crippen molar-refractivity contribution in [1.82, 2.24) is 19.7 Å². The van der Waals surface area contributed by atoms with Gasteiger partial charge in [-0.3, -0.25) is 4.90 Å². The molecule has 1 amide bonds. The first-order valence-electron chi connectivity index (χ1n) is 6.30. The van der Waals surface area contributed by atoms with Crippen molar-refractivity contribution in [3.63, 3.8) is 0 Å². The summed E-state index contributed by atoms with van der Waals surface area (Å²) in [5.41, 5.74) is -0.679. The van der Waals surface area contributed by atoms with Crippen LogP contribution in [0.4, 0.5) is 4.79 Å². The smallest absolute Gasteiger partial charge is 0.411 e. The van der Waals surface area contributed by atoms with Crippen LogP contribution in [-0.4, -0.2) is 48.5 Å². The standard InChI is InChI=1S/C12H18N4O4/c1-7-13-14-9-6-16(11(19)20-12(2,3)4)8(10(17)18)5-15(7)9/h8H,5-6H2,1-4H3,(H,17,18)/t8-/m0/s1. The third-order valence-corrected chi connectivity index (χ3v) is 2.97. The second-order valence-electron chi connectivity index (χ2n) is 5.74. The molecule has 1 N–H and O–H groups in total. The minimum absolute atomic E-state index is 0.0761. The number of aliphatic carboxylic acids is 1. The van der Waals surface area contributed by atoms with E-state index < -0.39 is 23.7 Å². The van der Waals surface area contributed by atoms with E-state index in [4.69, 9.17) is 4.74 Å². The molecule has 0 saturated carbocycles. The quantitative estimate of drug-likeness (QED) is 0.817. The van der Waals surface area contributed by atoms with Gasteiger partial charge >= 0.3 is 12.1 Å². The molecule has 2 heterocycles. The van der Waals surface area contributed by atoms with Crippen LogP contribution < -0.4 is 0 Å². The summed E-state index contributed by atoms with van der Waals surface area (Å²) in [6.07, 6.45) is -0.656. The van der Waals surface area contributed by atoms with Gasteiger partial charge in [0.25, 0.3) is 0 Å². The number of aryl methyl sites for hydroxylation is 1. The number of nitrogens with zero attached hydrogens (tertiary/aromatic N) is 4. The minimum atomic E-state index is -1.07. The molecule has 20 heavy (non-hydrogen) atoms. The molecule has 0 aromatic carbocycles. The number of rotatable bonds is 1. The fourth-order valence-corrected chi connectivity index (χ4v) is 2.04. The molecule has 8 nitrogen and oxygen atoms in total. The number of carbonyl (C=O) groups is 2. The summed E-state index contributed by atoms with van der Waals surface area (Å²) >= 11 is 0. The van der Waals surface area contributed by atoms with Crippen molar-refractivity contribution in [2.45, 2.75) is 52.4 Å². The Labute approximate surface area is 116 Å². The highest BCUT2D eigenvalue weighted by Gasteiger charge is 2.38. The summed E-state index contributed by atoms with van der Waals surface area (Å²) < 4.78 is 6.95. The molecule has 0 unspecified atom stereocenters. The fourth-order valence-electron chi connectivity index (χ4n) is 2.04. The van der Waals surface area contributed by atoms with Gasteiger partial charge in [-0.25, -0.2) is 9.59 Å². The van der Waals surface area contributed by atoms with Gasteiger partial charge in [0.1, 0.15) is 11.4 Å². The van der Waals surface area contributed by atoms with E-state index in [1.165, 1.54) is 4.90 Å². The molecule has 0 spiro atoms. The third-order valence-electron chi connectivity index (χ3n) is 2.97. The van der Waals surface area contributed by atoms with E-state index in [0.29, 0.717) is 11.6 Å². The first kappa shape index (κ1) is 14.3. The van der Waals surface area contributed by atoms with E-state index in [0.717, 1.165) is 0 Å². The van der Waals surface area contributed by atoms with Crippen LogP contribution in [0.5, 0.6) is 0 Å². The van der Waals surface area contributed by atoms with Gasteiger partial charge in [0.15, 0.2) is 11.9 Å². The van der Waals surface area contributed by atoms with Crippen LogP contribution in [-0.2, 0) is 22.6 Å². The van der Waals surface area contributed by atoms with Crippen LogP contribution in [0, 0.1) is 6.92 Å². The molecular weight excluding hydrogens is 264 g/mol. The van der Waals surface area contributed by atoms with E-state index in [1.54, 1.807) is 32.3 Å². The monoisotopic (exact) mass is 282 g/mol. The maximum absolute atomic E-state index is 12.1. The Bertz CT molecular complexity index is 546. The van der Waals surface area contributed by atoms with Crippen molar-refractivity contribution in [2.24, 2.45) is 0 Å². The van der Waals surface area contributed by atoms with E-state index in [9.17, 15) is 14.7 Å². The summed E-state index contributed by atoms with van der Waals surface area (Å²) in [7, 11) is 0. The summed E-state index contributed by atoms with van der Waals surface area (Å²) in [5.74, 6) is 0.121. The zero-order valence-corrected chi connectivity index (χ0v) is 12.0. The second kappa shape index (κ2) is 4.77. The molecule has 110 valence electrons. The predicted molar refractivity (Wildman–Crippen MR) is 68.0 cm³/mol. The number of amides is 1. The SMILES string of the molecule is Cc1nnc2n1C[C@@H](C(=O)O)N(C(=O)OC(C)(C)C)C2. The zero-order valence-electron chi connectivity index (χ0n) is 12.0. The number of hydrogen-bond donors (Lipinski definition) is 1. The van der Waals surface area contributed by atoms with Crippen molar-refractivity contribution in [3.05, 3.63) is 11.6 Å². The lowest BCUT2D eigenvalue weighted by Gasteiger charge is -2.34. The molecule has 0 bridgehead atoms. The van der Waals surface area contributed by atoms with Gasteiger partial charge in [0.2, 0.25) is 0 Å². The lowest BCUT2D eigenvalue weighted by atomic mass is 10.2. The number of hydrogen-bond acceptors (Lipinski definition) is 5. The van der Waals surface area contributed by atoms with Crippen LogP contribution in [0.25, 0.3) is 0 Å². The molecule has 0 radical (unpaired) electrons. The van der Waals surface area contributed by atoms with Crippen LogP contribution >= 0.6 is 0 Å². The number of aromatic nitrogens is 3. The number of carboxylic acid groups (broad SMARTS) is 1. The van der Waals surface area contributed by atoms with Crippen LogP contribution in [0.15, 0.2) is 0 Å². The van der Waals surface area contributed by atoms with Crippen molar-refractivity contribution >= 4 is 12.1 Å². The summed E-state index contributed by atoms with van der Waals surface area (Å²) in [6, 6.07) is -0.980. The third kappa shape index (κ3) is 2.73. The van der Waals surface area contributed by atoms with Gasteiger partial charge in [-0.05, 0) is 27.7 Å². The Balaban J connectivity index is 2.27. The van der Waals surface area contributed by atoms with Gasteiger partial charge in [0.05, 0.1) is 13.1 Å². The van der Waals surface area contributed by atoms with E-state index in [-0.39, 0.29) is 13.1 Å². The van der Waals surface area contributed by atoms with Crippen molar-refractivity contribution < 1.29 is 19.4 Å². The Morgan fingerprint density at radius 1 is 1.35 bits per heavy atom. The van der Waals surface area contributed by atoms with Gasteiger partial charge in [-0.15, -0.1) is 10.2 Å². The summed E-state index contributed by atoms with van der Waals surface area (Å²) in [6.45, 7) is 7.15. The van der Waals surface area contributed by atoms with Crippen LogP contribution in [0.3, 0.4) is 0 Å².